The summed E-state index contributed by atoms with van der Waals surface area (Å²) in [6, 6.07) is 4.44. The Kier molecular flexibility index (Phi) is 7.13. The van der Waals surface area contributed by atoms with Crippen LogP contribution in [0.4, 0.5) is 0 Å². The Morgan fingerprint density at radius 1 is 1.23 bits per heavy atom. The monoisotopic (exact) mass is 346 g/mol. The smallest absolute Gasteiger partial charge is 0.256 e. The lowest BCUT2D eigenvalue weighted by molar-refractivity contribution is -0.143. The topological polar surface area (TPSA) is 69.6 Å². The van der Waals surface area contributed by atoms with Crippen LogP contribution in [0.1, 0.15) is 32.4 Å². The van der Waals surface area contributed by atoms with Gasteiger partial charge in [0.25, 0.3) is 5.91 Å². The van der Waals surface area contributed by atoms with Gasteiger partial charge in [-0.15, -0.1) is 0 Å². The average Bonchev–Trinajstić information content (AvgIpc) is 2.41. The van der Waals surface area contributed by atoms with Gasteiger partial charge in [-0.1, -0.05) is 23.2 Å². The van der Waals surface area contributed by atoms with Gasteiger partial charge in [0, 0.05) is 22.6 Å². The lowest BCUT2D eigenvalue weighted by Crippen LogP contribution is -2.44. The van der Waals surface area contributed by atoms with Crippen molar-refractivity contribution in [2.75, 3.05) is 13.1 Å². The number of hydrogen-bond acceptors (Lipinski definition) is 3. The molecule has 0 aliphatic carbocycles. The first-order chi connectivity index (χ1) is 10.2. The molecule has 0 fully saturated rings. The minimum atomic E-state index is -1.41. The Balaban J connectivity index is 2.84. The quantitative estimate of drug-likeness (QED) is 0.830. The zero-order chi connectivity index (χ0) is 16.9. The molecule has 0 heterocycles. The standard InChI is InChI=1S/C15H20Cl2N2O3/c1-4-19(8-13(20)18-9(2)3)15(22)14(21)10-5-11(16)7-12(17)6-10/h5-7,9,14,21H,4,8H2,1-3H3,(H,18,20). The van der Waals surface area contributed by atoms with Crippen LogP contribution in [0.2, 0.25) is 10.0 Å². The van der Waals surface area contributed by atoms with E-state index < -0.39 is 12.0 Å². The highest BCUT2D eigenvalue weighted by Crippen LogP contribution is 2.24. The van der Waals surface area contributed by atoms with Gasteiger partial charge in [0.1, 0.15) is 0 Å². The van der Waals surface area contributed by atoms with Crippen LogP contribution in [-0.2, 0) is 9.59 Å². The van der Waals surface area contributed by atoms with E-state index in [4.69, 9.17) is 23.2 Å². The molecule has 0 aliphatic rings. The summed E-state index contributed by atoms with van der Waals surface area (Å²) in [4.78, 5) is 25.4. The van der Waals surface area contributed by atoms with Gasteiger partial charge in [-0.25, -0.2) is 0 Å². The number of aliphatic hydroxyl groups excluding tert-OH is 1. The Hall–Kier alpha value is -1.30. The first-order valence-electron chi connectivity index (χ1n) is 6.96. The first kappa shape index (κ1) is 18.7. The van der Waals surface area contributed by atoms with Gasteiger partial charge in [0.05, 0.1) is 6.54 Å². The molecule has 1 aromatic rings. The molecule has 0 spiro atoms. The zero-order valence-electron chi connectivity index (χ0n) is 12.8. The largest absolute Gasteiger partial charge is 0.378 e. The fourth-order valence-electron chi connectivity index (χ4n) is 1.94. The van der Waals surface area contributed by atoms with Crippen LogP contribution in [0.25, 0.3) is 0 Å². The molecule has 122 valence electrons. The van der Waals surface area contributed by atoms with Crippen LogP contribution in [0, 0.1) is 0 Å². The van der Waals surface area contributed by atoms with Crippen molar-refractivity contribution in [2.24, 2.45) is 0 Å². The maximum atomic E-state index is 12.3. The molecule has 2 amide bonds. The van der Waals surface area contributed by atoms with Crippen LogP contribution in [0.5, 0.6) is 0 Å². The van der Waals surface area contributed by atoms with Gasteiger partial charge < -0.3 is 15.3 Å². The number of likely N-dealkylation sites (N-methyl/N-ethyl adjacent to an activating group) is 1. The third-order valence-corrected chi connectivity index (χ3v) is 3.35. The van der Waals surface area contributed by atoms with Gasteiger partial charge in [-0.3, -0.25) is 9.59 Å². The number of rotatable bonds is 6. The second kappa shape index (κ2) is 8.36. The van der Waals surface area contributed by atoms with Crippen molar-refractivity contribution in [2.45, 2.75) is 32.9 Å². The molecular formula is C15H20Cl2N2O3. The molecule has 0 bridgehead atoms. The van der Waals surface area contributed by atoms with Crippen LogP contribution < -0.4 is 5.32 Å². The zero-order valence-corrected chi connectivity index (χ0v) is 14.3. The summed E-state index contributed by atoms with van der Waals surface area (Å²) in [6.45, 7) is 5.59. The number of nitrogens with one attached hydrogen (secondary N) is 1. The number of carbonyl (C=O) groups excluding carboxylic acids is 2. The number of carbonyl (C=O) groups is 2. The highest BCUT2D eigenvalue weighted by atomic mass is 35.5. The average molecular weight is 347 g/mol. The van der Waals surface area contributed by atoms with Crippen LogP contribution >= 0.6 is 23.2 Å². The fourth-order valence-corrected chi connectivity index (χ4v) is 2.48. The van der Waals surface area contributed by atoms with Gasteiger partial charge >= 0.3 is 0 Å². The van der Waals surface area contributed by atoms with Gasteiger partial charge in [0.2, 0.25) is 5.91 Å². The molecule has 7 heteroatoms. The molecule has 5 nitrogen and oxygen atoms in total. The van der Waals surface area contributed by atoms with E-state index in [2.05, 4.69) is 5.32 Å². The van der Waals surface area contributed by atoms with Crippen molar-refractivity contribution < 1.29 is 14.7 Å². The van der Waals surface area contributed by atoms with Crippen molar-refractivity contribution in [3.05, 3.63) is 33.8 Å². The number of nitrogens with zero attached hydrogens (tertiary/aromatic N) is 1. The van der Waals surface area contributed by atoms with E-state index in [0.29, 0.717) is 22.2 Å². The molecule has 1 rings (SSSR count). The van der Waals surface area contributed by atoms with Crippen molar-refractivity contribution in [3.8, 4) is 0 Å². The Morgan fingerprint density at radius 2 is 1.77 bits per heavy atom. The first-order valence-corrected chi connectivity index (χ1v) is 7.72. The SMILES string of the molecule is CCN(CC(=O)NC(C)C)C(=O)C(O)c1cc(Cl)cc(Cl)c1. The van der Waals surface area contributed by atoms with Crippen molar-refractivity contribution in [3.63, 3.8) is 0 Å². The van der Waals surface area contributed by atoms with Crippen LogP contribution in [-0.4, -0.2) is 41.0 Å². The molecule has 1 unspecified atom stereocenters. The molecule has 1 atom stereocenters. The molecule has 0 aliphatic heterocycles. The summed E-state index contributed by atoms with van der Waals surface area (Å²) < 4.78 is 0. The lowest BCUT2D eigenvalue weighted by Gasteiger charge is -2.24. The van der Waals surface area contributed by atoms with E-state index >= 15 is 0 Å². The normalized spacial score (nSPS) is 12.1. The van der Waals surface area contributed by atoms with Gasteiger partial charge in [-0.05, 0) is 44.5 Å². The molecule has 0 radical (unpaired) electrons. The lowest BCUT2D eigenvalue weighted by atomic mass is 10.1. The third kappa shape index (κ3) is 5.48. The summed E-state index contributed by atoms with van der Waals surface area (Å²) in [7, 11) is 0. The number of aliphatic hydroxyl groups is 1. The van der Waals surface area contributed by atoms with Crippen molar-refractivity contribution in [1.82, 2.24) is 10.2 Å². The van der Waals surface area contributed by atoms with E-state index in [1.165, 1.54) is 23.1 Å². The fraction of sp³-hybridized carbons (Fsp3) is 0.467. The number of amides is 2. The second-order valence-corrected chi connectivity index (χ2v) is 6.05. The molecule has 1 aromatic carbocycles. The summed E-state index contributed by atoms with van der Waals surface area (Å²) in [5.41, 5.74) is 0.296. The van der Waals surface area contributed by atoms with Crippen molar-refractivity contribution in [1.29, 1.82) is 0 Å². The number of hydrogen-bond donors (Lipinski definition) is 2. The maximum Gasteiger partial charge on any atom is 0.256 e. The van der Waals surface area contributed by atoms with Crippen molar-refractivity contribution >= 4 is 35.0 Å². The van der Waals surface area contributed by atoms with Gasteiger partial charge in [-0.2, -0.15) is 0 Å². The molecule has 22 heavy (non-hydrogen) atoms. The highest BCUT2D eigenvalue weighted by Gasteiger charge is 2.25. The second-order valence-electron chi connectivity index (χ2n) is 5.18. The summed E-state index contributed by atoms with van der Waals surface area (Å²) >= 11 is 11.7. The molecular weight excluding hydrogens is 327 g/mol. The van der Waals surface area contributed by atoms with E-state index in [0.717, 1.165) is 0 Å². The maximum absolute atomic E-state index is 12.3. The molecule has 0 saturated carbocycles. The predicted octanol–water partition coefficient (Wildman–Crippen LogP) is 2.40. The van der Waals surface area contributed by atoms with E-state index in [1.807, 2.05) is 13.8 Å². The Morgan fingerprint density at radius 3 is 2.23 bits per heavy atom. The third-order valence-electron chi connectivity index (χ3n) is 2.91. The highest BCUT2D eigenvalue weighted by molar-refractivity contribution is 6.34. The Bertz CT molecular complexity index is 529. The van der Waals surface area contributed by atoms with Crippen LogP contribution in [0.3, 0.4) is 0 Å². The minimum absolute atomic E-state index is 0.0158. The molecule has 0 aromatic heterocycles. The summed E-state index contributed by atoms with van der Waals surface area (Å²) in [5.74, 6) is -0.846. The van der Waals surface area contributed by atoms with Crippen LogP contribution in [0.15, 0.2) is 18.2 Å². The summed E-state index contributed by atoms with van der Waals surface area (Å²) in [6.07, 6.45) is -1.41. The minimum Gasteiger partial charge on any atom is -0.378 e. The van der Waals surface area contributed by atoms with E-state index in [-0.39, 0.29) is 18.5 Å². The number of benzene rings is 1. The summed E-state index contributed by atoms with van der Waals surface area (Å²) in [5, 5.41) is 13.6. The van der Waals surface area contributed by atoms with E-state index in [9.17, 15) is 14.7 Å². The van der Waals surface area contributed by atoms with E-state index in [1.54, 1.807) is 6.92 Å². The predicted molar refractivity (Wildman–Crippen MR) is 87.0 cm³/mol. The van der Waals surface area contributed by atoms with Gasteiger partial charge in [0.15, 0.2) is 6.10 Å². The number of halogens is 2. The molecule has 0 saturated heterocycles. The Labute approximate surface area is 140 Å². The molecule has 2 N–H and O–H groups in total.